The molecule has 2 rings (SSSR count). The number of rotatable bonds is 1. The maximum absolute atomic E-state index is 5.30. The van der Waals surface area contributed by atoms with Gasteiger partial charge in [0, 0.05) is 25.1 Å². The molecule has 0 atom stereocenters. The van der Waals surface area contributed by atoms with Gasteiger partial charge in [0.05, 0.1) is 6.04 Å². The first kappa shape index (κ1) is 7.80. The van der Waals surface area contributed by atoms with Crippen LogP contribution in [0.4, 0.5) is 0 Å². The zero-order chi connectivity index (χ0) is 8.39. The molecule has 3 nitrogen and oxygen atoms in total. The van der Waals surface area contributed by atoms with E-state index in [0.29, 0.717) is 6.04 Å². The Morgan fingerprint density at radius 2 is 2.25 bits per heavy atom. The smallest absolute Gasteiger partial charge is 0.0566 e. The van der Waals surface area contributed by atoms with Crippen LogP contribution in [0.15, 0.2) is 12.3 Å². The van der Waals surface area contributed by atoms with Crippen molar-refractivity contribution in [2.75, 3.05) is 13.2 Å². The molecule has 0 N–H and O–H groups in total. The average molecular weight is 166 g/mol. The summed E-state index contributed by atoms with van der Waals surface area (Å²) in [6.45, 7) is 3.86. The van der Waals surface area contributed by atoms with Crippen LogP contribution in [-0.4, -0.2) is 23.0 Å². The molecule has 3 heteroatoms. The Kier molecular flexibility index (Phi) is 2.13. The molecule has 0 spiro atoms. The van der Waals surface area contributed by atoms with Crippen molar-refractivity contribution in [1.29, 1.82) is 0 Å². The molecule has 66 valence electrons. The molecule has 1 aliphatic heterocycles. The first-order chi connectivity index (χ1) is 5.88. The highest BCUT2D eigenvalue weighted by atomic mass is 16.5. The molecule has 0 aliphatic carbocycles. The van der Waals surface area contributed by atoms with E-state index in [2.05, 4.69) is 22.8 Å². The van der Waals surface area contributed by atoms with Crippen molar-refractivity contribution < 1.29 is 4.74 Å². The van der Waals surface area contributed by atoms with Crippen molar-refractivity contribution >= 4 is 0 Å². The van der Waals surface area contributed by atoms with Crippen molar-refractivity contribution in [3.63, 3.8) is 0 Å². The summed E-state index contributed by atoms with van der Waals surface area (Å²) in [7, 11) is 0. The third-order valence-corrected chi connectivity index (χ3v) is 2.40. The lowest BCUT2D eigenvalue weighted by Crippen LogP contribution is -2.21. The van der Waals surface area contributed by atoms with Gasteiger partial charge < -0.3 is 4.74 Å². The lowest BCUT2D eigenvalue weighted by Gasteiger charge is -2.23. The van der Waals surface area contributed by atoms with Crippen LogP contribution in [0.25, 0.3) is 0 Å². The van der Waals surface area contributed by atoms with Gasteiger partial charge in [-0.25, -0.2) is 0 Å². The lowest BCUT2D eigenvalue weighted by atomic mass is 10.1. The van der Waals surface area contributed by atoms with Gasteiger partial charge in [0.2, 0.25) is 0 Å². The van der Waals surface area contributed by atoms with Crippen LogP contribution in [0, 0.1) is 6.92 Å². The van der Waals surface area contributed by atoms with E-state index < -0.39 is 0 Å². The Labute approximate surface area is 72.3 Å². The third-order valence-electron chi connectivity index (χ3n) is 2.40. The zero-order valence-corrected chi connectivity index (χ0v) is 7.36. The van der Waals surface area contributed by atoms with E-state index in [1.165, 1.54) is 5.69 Å². The van der Waals surface area contributed by atoms with E-state index in [0.717, 1.165) is 26.1 Å². The number of ether oxygens (including phenoxy) is 1. The molecule has 1 saturated heterocycles. The molecule has 0 saturated carbocycles. The molecular weight excluding hydrogens is 152 g/mol. The molecule has 1 aliphatic rings. The van der Waals surface area contributed by atoms with Gasteiger partial charge in [-0.05, 0) is 25.8 Å². The monoisotopic (exact) mass is 166 g/mol. The number of nitrogens with zero attached hydrogens (tertiary/aromatic N) is 2. The highest BCUT2D eigenvalue weighted by molar-refractivity contribution is 4.98. The molecule has 0 aromatic carbocycles. The summed E-state index contributed by atoms with van der Waals surface area (Å²) in [5.41, 5.74) is 1.25. The van der Waals surface area contributed by atoms with Crippen LogP contribution in [0.1, 0.15) is 24.6 Å². The van der Waals surface area contributed by atoms with Crippen LogP contribution in [0.3, 0.4) is 0 Å². The summed E-state index contributed by atoms with van der Waals surface area (Å²) in [6.07, 6.45) is 4.07. The standard InChI is InChI=1S/C9H14N2O/c1-8-2-5-10-11(8)9-3-6-12-7-4-9/h2,5,9H,3-4,6-7H2,1H3. The zero-order valence-electron chi connectivity index (χ0n) is 7.36. The Bertz CT molecular complexity index is 251. The maximum atomic E-state index is 5.30. The molecule has 2 heterocycles. The largest absolute Gasteiger partial charge is 0.381 e. The molecule has 1 fully saturated rings. The summed E-state index contributed by atoms with van der Waals surface area (Å²) in [6, 6.07) is 2.61. The van der Waals surface area contributed by atoms with E-state index in [9.17, 15) is 0 Å². The van der Waals surface area contributed by atoms with Crippen molar-refractivity contribution in [1.82, 2.24) is 9.78 Å². The van der Waals surface area contributed by atoms with Gasteiger partial charge in [-0.15, -0.1) is 0 Å². The predicted octanol–water partition coefficient (Wildman–Crippen LogP) is 1.54. The van der Waals surface area contributed by atoms with Gasteiger partial charge in [-0.3, -0.25) is 4.68 Å². The second-order valence-electron chi connectivity index (χ2n) is 3.26. The first-order valence-corrected chi connectivity index (χ1v) is 4.46. The summed E-state index contributed by atoms with van der Waals surface area (Å²) in [4.78, 5) is 0. The third kappa shape index (κ3) is 1.37. The molecule has 0 unspecified atom stereocenters. The van der Waals surface area contributed by atoms with E-state index in [-0.39, 0.29) is 0 Å². The van der Waals surface area contributed by atoms with Crippen LogP contribution >= 0.6 is 0 Å². The number of aryl methyl sites for hydroxylation is 1. The number of hydrogen-bond acceptors (Lipinski definition) is 2. The van der Waals surface area contributed by atoms with Gasteiger partial charge in [-0.1, -0.05) is 0 Å². The van der Waals surface area contributed by atoms with E-state index in [1.54, 1.807) is 0 Å². The summed E-state index contributed by atoms with van der Waals surface area (Å²) in [5, 5.41) is 4.30. The summed E-state index contributed by atoms with van der Waals surface area (Å²) < 4.78 is 7.41. The van der Waals surface area contributed by atoms with Gasteiger partial charge in [0.1, 0.15) is 0 Å². The van der Waals surface area contributed by atoms with Crippen molar-refractivity contribution in [2.24, 2.45) is 0 Å². The second kappa shape index (κ2) is 3.27. The van der Waals surface area contributed by atoms with Crippen LogP contribution in [0.2, 0.25) is 0 Å². The van der Waals surface area contributed by atoms with E-state index >= 15 is 0 Å². The number of hydrogen-bond donors (Lipinski definition) is 0. The fourth-order valence-corrected chi connectivity index (χ4v) is 1.69. The Hall–Kier alpha value is -0.830. The molecular formula is C9H14N2O. The van der Waals surface area contributed by atoms with Crippen molar-refractivity contribution in [2.45, 2.75) is 25.8 Å². The van der Waals surface area contributed by atoms with Crippen LogP contribution in [-0.2, 0) is 4.74 Å². The van der Waals surface area contributed by atoms with Gasteiger partial charge >= 0.3 is 0 Å². The van der Waals surface area contributed by atoms with E-state index in [4.69, 9.17) is 4.74 Å². The Balaban J connectivity index is 2.13. The van der Waals surface area contributed by atoms with Crippen molar-refractivity contribution in [3.8, 4) is 0 Å². The molecule has 0 bridgehead atoms. The first-order valence-electron chi connectivity index (χ1n) is 4.46. The highest BCUT2D eigenvalue weighted by Gasteiger charge is 2.16. The van der Waals surface area contributed by atoms with Gasteiger partial charge in [0.15, 0.2) is 0 Å². The summed E-state index contributed by atoms with van der Waals surface area (Å²) >= 11 is 0. The normalized spacial score (nSPS) is 19.8. The average Bonchev–Trinajstić information content (AvgIpc) is 2.53. The van der Waals surface area contributed by atoms with Crippen molar-refractivity contribution in [3.05, 3.63) is 18.0 Å². The topological polar surface area (TPSA) is 27.1 Å². The minimum absolute atomic E-state index is 0.564. The predicted molar refractivity (Wildman–Crippen MR) is 46.1 cm³/mol. The van der Waals surface area contributed by atoms with Gasteiger partial charge in [0.25, 0.3) is 0 Å². The number of aromatic nitrogens is 2. The lowest BCUT2D eigenvalue weighted by molar-refractivity contribution is 0.0657. The Morgan fingerprint density at radius 3 is 2.83 bits per heavy atom. The quantitative estimate of drug-likeness (QED) is 0.632. The molecule has 12 heavy (non-hydrogen) atoms. The van der Waals surface area contributed by atoms with Gasteiger partial charge in [-0.2, -0.15) is 5.10 Å². The minimum atomic E-state index is 0.564. The molecule has 1 aromatic rings. The minimum Gasteiger partial charge on any atom is -0.381 e. The fraction of sp³-hybridized carbons (Fsp3) is 0.667. The SMILES string of the molecule is Cc1ccnn1C1CCOCC1. The van der Waals surface area contributed by atoms with Crippen LogP contribution in [0.5, 0.6) is 0 Å². The van der Waals surface area contributed by atoms with Crippen LogP contribution < -0.4 is 0 Å². The Morgan fingerprint density at radius 1 is 1.50 bits per heavy atom. The molecule has 0 radical (unpaired) electrons. The molecule has 0 amide bonds. The maximum Gasteiger partial charge on any atom is 0.0566 e. The molecule has 1 aromatic heterocycles. The highest BCUT2D eigenvalue weighted by Crippen LogP contribution is 2.20. The van der Waals surface area contributed by atoms with E-state index in [1.807, 2.05) is 6.20 Å². The fourth-order valence-electron chi connectivity index (χ4n) is 1.69. The second-order valence-corrected chi connectivity index (χ2v) is 3.26. The summed E-state index contributed by atoms with van der Waals surface area (Å²) in [5.74, 6) is 0.